The highest BCUT2D eigenvalue weighted by Crippen LogP contribution is 2.31. The van der Waals surface area contributed by atoms with Crippen LogP contribution in [0.15, 0.2) is 42.6 Å². The van der Waals surface area contributed by atoms with Gasteiger partial charge in [-0.2, -0.15) is 5.10 Å². The first kappa shape index (κ1) is 12.7. The maximum absolute atomic E-state index is 12.3. The van der Waals surface area contributed by atoms with Crippen LogP contribution in [0.4, 0.5) is 5.69 Å². The normalized spacial score (nSPS) is 13.1. The predicted molar refractivity (Wildman–Crippen MR) is 81.5 cm³/mol. The van der Waals surface area contributed by atoms with Crippen LogP contribution in [0.3, 0.4) is 0 Å². The second kappa shape index (κ2) is 5.07. The van der Waals surface area contributed by atoms with Gasteiger partial charge in [-0.25, -0.2) is 0 Å². The zero-order valence-electron chi connectivity index (χ0n) is 11.6. The van der Waals surface area contributed by atoms with Crippen molar-refractivity contribution in [2.45, 2.75) is 0 Å². The molecule has 4 rings (SSSR count). The van der Waals surface area contributed by atoms with Crippen molar-refractivity contribution in [1.29, 1.82) is 0 Å². The summed E-state index contributed by atoms with van der Waals surface area (Å²) in [5.74, 6) is 1.08. The highest BCUT2D eigenvalue weighted by molar-refractivity contribution is 6.05. The van der Waals surface area contributed by atoms with Crippen LogP contribution in [0.5, 0.6) is 11.5 Å². The van der Waals surface area contributed by atoms with Crippen LogP contribution in [-0.2, 0) is 0 Å². The molecule has 3 aromatic rings. The monoisotopic (exact) mass is 295 g/mol. The van der Waals surface area contributed by atoms with Crippen LogP contribution in [0.25, 0.3) is 10.9 Å². The summed E-state index contributed by atoms with van der Waals surface area (Å²) < 4.78 is 10.9. The Bertz CT molecular complexity index is 857. The van der Waals surface area contributed by atoms with Gasteiger partial charge in [0.15, 0.2) is 11.5 Å². The van der Waals surface area contributed by atoms with Gasteiger partial charge >= 0.3 is 0 Å². The zero-order chi connectivity index (χ0) is 14.9. The van der Waals surface area contributed by atoms with Crippen molar-refractivity contribution in [3.8, 4) is 11.5 Å². The number of H-pyrrole nitrogens is 1. The van der Waals surface area contributed by atoms with E-state index in [-0.39, 0.29) is 5.91 Å². The summed E-state index contributed by atoms with van der Waals surface area (Å²) in [7, 11) is 0. The quantitative estimate of drug-likeness (QED) is 0.762. The van der Waals surface area contributed by atoms with Crippen LogP contribution in [-0.4, -0.2) is 29.3 Å². The average Bonchev–Trinajstić information content (AvgIpc) is 3.02. The van der Waals surface area contributed by atoms with Gasteiger partial charge in [-0.15, -0.1) is 0 Å². The van der Waals surface area contributed by atoms with Crippen molar-refractivity contribution in [3.05, 3.63) is 48.2 Å². The third-order valence-electron chi connectivity index (χ3n) is 3.50. The van der Waals surface area contributed by atoms with Crippen molar-refractivity contribution in [1.82, 2.24) is 10.2 Å². The maximum Gasteiger partial charge on any atom is 0.255 e. The lowest BCUT2D eigenvalue weighted by Crippen LogP contribution is -2.17. The van der Waals surface area contributed by atoms with Gasteiger partial charge in [0, 0.05) is 16.6 Å². The Morgan fingerprint density at radius 2 is 1.95 bits per heavy atom. The Balaban J connectivity index is 1.58. The Kier molecular flexibility index (Phi) is 2.93. The average molecular weight is 295 g/mol. The zero-order valence-corrected chi connectivity index (χ0v) is 11.6. The van der Waals surface area contributed by atoms with E-state index in [2.05, 4.69) is 15.5 Å². The van der Waals surface area contributed by atoms with E-state index in [1.54, 1.807) is 24.4 Å². The van der Waals surface area contributed by atoms with Gasteiger partial charge in [0.1, 0.15) is 13.2 Å². The summed E-state index contributed by atoms with van der Waals surface area (Å²) in [6.45, 7) is 1.03. The highest BCUT2D eigenvalue weighted by Gasteiger charge is 2.15. The molecule has 6 heteroatoms. The van der Waals surface area contributed by atoms with Crippen LogP contribution in [0.1, 0.15) is 10.4 Å². The number of fused-ring (bicyclic) bond motifs is 2. The Labute approximate surface area is 126 Å². The molecule has 2 heterocycles. The number of anilines is 1. The number of carbonyl (C=O) groups excluding carboxylic acids is 1. The molecule has 0 spiro atoms. The van der Waals surface area contributed by atoms with E-state index in [9.17, 15) is 4.79 Å². The molecule has 0 aliphatic carbocycles. The molecular weight excluding hydrogens is 282 g/mol. The second-order valence-electron chi connectivity index (χ2n) is 4.98. The van der Waals surface area contributed by atoms with Gasteiger partial charge in [-0.3, -0.25) is 9.89 Å². The number of hydrogen-bond acceptors (Lipinski definition) is 4. The van der Waals surface area contributed by atoms with Crippen LogP contribution < -0.4 is 14.8 Å². The van der Waals surface area contributed by atoms with Crippen molar-refractivity contribution < 1.29 is 14.3 Å². The molecule has 1 aromatic heterocycles. The molecule has 1 aliphatic heterocycles. The molecule has 0 saturated carbocycles. The molecule has 2 N–H and O–H groups in total. The highest BCUT2D eigenvalue weighted by atomic mass is 16.6. The number of carbonyl (C=O) groups is 1. The molecule has 0 atom stereocenters. The molecule has 0 unspecified atom stereocenters. The number of aromatic nitrogens is 2. The first-order valence-corrected chi connectivity index (χ1v) is 6.94. The summed E-state index contributed by atoms with van der Waals surface area (Å²) in [5.41, 5.74) is 2.17. The third-order valence-corrected chi connectivity index (χ3v) is 3.50. The lowest BCUT2D eigenvalue weighted by Gasteiger charge is -2.18. The minimum atomic E-state index is -0.195. The molecule has 0 saturated heterocycles. The van der Waals surface area contributed by atoms with E-state index < -0.39 is 0 Å². The van der Waals surface area contributed by atoms with Crippen LogP contribution in [0, 0.1) is 0 Å². The van der Waals surface area contributed by atoms with E-state index in [1.807, 2.05) is 18.2 Å². The van der Waals surface area contributed by atoms with Gasteiger partial charge in [-0.1, -0.05) is 0 Å². The van der Waals surface area contributed by atoms with E-state index in [1.165, 1.54) is 0 Å². The molecule has 22 heavy (non-hydrogen) atoms. The number of amides is 1. The minimum absolute atomic E-state index is 0.195. The molecular formula is C16H13N3O3. The SMILES string of the molecule is O=C(Nc1ccc2[nH]ncc2c1)c1ccc2c(c1)OCCO2. The molecule has 0 bridgehead atoms. The largest absolute Gasteiger partial charge is 0.486 e. The van der Waals surface area contributed by atoms with Gasteiger partial charge in [0.2, 0.25) is 0 Å². The van der Waals surface area contributed by atoms with Crippen LogP contribution in [0.2, 0.25) is 0 Å². The smallest absolute Gasteiger partial charge is 0.255 e. The predicted octanol–water partition coefficient (Wildman–Crippen LogP) is 2.59. The summed E-state index contributed by atoms with van der Waals surface area (Å²) in [6.07, 6.45) is 1.72. The topological polar surface area (TPSA) is 76.2 Å². The number of hydrogen-bond donors (Lipinski definition) is 2. The summed E-state index contributed by atoms with van der Waals surface area (Å²) in [5, 5.41) is 10.6. The standard InChI is InChI=1S/C16H13N3O3/c20-16(10-1-4-14-15(8-10)22-6-5-21-14)18-12-2-3-13-11(7-12)9-17-19-13/h1-4,7-9H,5-6H2,(H,17,19)(H,18,20). The van der Waals surface area contributed by atoms with Gasteiger partial charge in [0.05, 0.1) is 11.7 Å². The van der Waals surface area contributed by atoms with E-state index in [0.717, 1.165) is 10.9 Å². The second-order valence-corrected chi connectivity index (χ2v) is 4.98. The fourth-order valence-corrected chi connectivity index (χ4v) is 2.41. The molecule has 6 nitrogen and oxygen atoms in total. The van der Waals surface area contributed by atoms with Gasteiger partial charge in [-0.05, 0) is 36.4 Å². The van der Waals surface area contributed by atoms with Crippen molar-refractivity contribution in [2.75, 3.05) is 18.5 Å². The molecule has 0 fully saturated rings. The Hall–Kier alpha value is -3.02. The van der Waals surface area contributed by atoms with Crippen molar-refractivity contribution >= 4 is 22.5 Å². The summed E-state index contributed by atoms with van der Waals surface area (Å²) in [6, 6.07) is 10.7. The number of rotatable bonds is 2. The fourth-order valence-electron chi connectivity index (χ4n) is 2.41. The van der Waals surface area contributed by atoms with E-state index >= 15 is 0 Å². The Morgan fingerprint density at radius 1 is 1.09 bits per heavy atom. The van der Waals surface area contributed by atoms with Gasteiger partial charge in [0.25, 0.3) is 5.91 Å². The molecule has 110 valence electrons. The van der Waals surface area contributed by atoms with E-state index in [0.29, 0.717) is 36.0 Å². The lowest BCUT2D eigenvalue weighted by atomic mass is 10.1. The lowest BCUT2D eigenvalue weighted by molar-refractivity contribution is 0.102. The van der Waals surface area contributed by atoms with Crippen molar-refractivity contribution in [3.63, 3.8) is 0 Å². The number of nitrogens with zero attached hydrogens (tertiary/aromatic N) is 1. The molecule has 1 aliphatic rings. The van der Waals surface area contributed by atoms with Crippen molar-refractivity contribution in [2.24, 2.45) is 0 Å². The summed E-state index contributed by atoms with van der Waals surface area (Å²) in [4.78, 5) is 12.3. The van der Waals surface area contributed by atoms with E-state index in [4.69, 9.17) is 9.47 Å². The number of benzene rings is 2. The molecule has 1 amide bonds. The van der Waals surface area contributed by atoms with Gasteiger partial charge < -0.3 is 14.8 Å². The third kappa shape index (κ3) is 2.24. The number of ether oxygens (including phenoxy) is 2. The first-order valence-electron chi connectivity index (χ1n) is 6.94. The number of nitrogens with one attached hydrogen (secondary N) is 2. The fraction of sp³-hybridized carbons (Fsp3) is 0.125. The minimum Gasteiger partial charge on any atom is -0.486 e. The molecule has 0 radical (unpaired) electrons. The maximum atomic E-state index is 12.3. The van der Waals surface area contributed by atoms with Crippen LogP contribution >= 0.6 is 0 Å². The summed E-state index contributed by atoms with van der Waals surface area (Å²) >= 11 is 0. The molecule has 2 aromatic carbocycles. The Morgan fingerprint density at radius 3 is 2.86 bits per heavy atom. The first-order chi connectivity index (χ1) is 10.8. The number of aromatic amines is 1.